The smallest absolute Gasteiger partial charge is 0.337 e. The highest BCUT2D eigenvalue weighted by Gasteiger charge is 2.42. The van der Waals surface area contributed by atoms with Gasteiger partial charge in [-0.15, -0.1) is 0 Å². The van der Waals surface area contributed by atoms with Crippen molar-refractivity contribution in [3.8, 4) is 0 Å². The molecule has 2 saturated carbocycles. The summed E-state index contributed by atoms with van der Waals surface area (Å²) in [6, 6.07) is 6.90. The molecule has 0 spiro atoms. The highest BCUT2D eigenvalue weighted by atomic mass is 16.5. The summed E-state index contributed by atoms with van der Waals surface area (Å²) in [5.74, 6) is 1.16. The van der Waals surface area contributed by atoms with Crippen LogP contribution in [0.1, 0.15) is 36.0 Å². The number of benzene rings is 1. The molecular weight excluding hydrogens is 254 g/mol. The lowest BCUT2D eigenvalue weighted by atomic mass is 9.88. The molecule has 2 aliphatic carbocycles. The van der Waals surface area contributed by atoms with Crippen molar-refractivity contribution in [2.45, 2.75) is 25.7 Å². The predicted octanol–water partition coefficient (Wildman–Crippen LogP) is 2.85. The van der Waals surface area contributed by atoms with Gasteiger partial charge in [-0.3, -0.25) is 4.79 Å². The van der Waals surface area contributed by atoms with Gasteiger partial charge in [0.2, 0.25) is 5.91 Å². The molecule has 3 rings (SSSR count). The fourth-order valence-corrected chi connectivity index (χ4v) is 3.64. The maximum Gasteiger partial charge on any atom is 0.337 e. The SMILES string of the molecule is COC(=O)c1cccc(NC(=O)C2CC3CCC2C3)c1. The van der Waals surface area contributed by atoms with Gasteiger partial charge in [0.15, 0.2) is 0 Å². The Labute approximate surface area is 118 Å². The molecule has 1 N–H and O–H groups in total. The van der Waals surface area contributed by atoms with Crippen LogP contribution in [-0.4, -0.2) is 19.0 Å². The van der Waals surface area contributed by atoms with E-state index in [1.807, 2.05) is 0 Å². The Balaban J connectivity index is 1.68. The van der Waals surface area contributed by atoms with E-state index in [1.165, 1.54) is 26.4 Å². The first kappa shape index (κ1) is 13.2. The van der Waals surface area contributed by atoms with E-state index in [0.29, 0.717) is 17.2 Å². The van der Waals surface area contributed by atoms with Crippen molar-refractivity contribution >= 4 is 17.6 Å². The van der Waals surface area contributed by atoms with Crippen molar-refractivity contribution in [1.82, 2.24) is 0 Å². The van der Waals surface area contributed by atoms with Gasteiger partial charge in [0.1, 0.15) is 0 Å². The second-order valence-corrected chi connectivity index (χ2v) is 5.84. The summed E-state index contributed by atoms with van der Waals surface area (Å²) in [6.07, 6.45) is 4.70. The highest BCUT2D eigenvalue weighted by Crippen LogP contribution is 2.48. The Bertz CT molecular complexity index is 540. The van der Waals surface area contributed by atoms with E-state index >= 15 is 0 Å². The van der Waals surface area contributed by atoms with E-state index in [4.69, 9.17) is 0 Å². The second-order valence-electron chi connectivity index (χ2n) is 5.84. The molecule has 2 bridgehead atoms. The summed E-state index contributed by atoms with van der Waals surface area (Å²) >= 11 is 0. The van der Waals surface area contributed by atoms with Gasteiger partial charge in [-0.1, -0.05) is 12.5 Å². The van der Waals surface area contributed by atoms with Crippen LogP contribution in [0.4, 0.5) is 5.69 Å². The van der Waals surface area contributed by atoms with Crippen molar-refractivity contribution in [2.24, 2.45) is 17.8 Å². The number of methoxy groups -OCH3 is 1. The van der Waals surface area contributed by atoms with Crippen molar-refractivity contribution in [1.29, 1.82) is 0 Å². The number of nitrogens with one attached hydrogen (secondary N) is 1. The lowest BCUT2D eigenvalue weighted by Crippen LogP contribution is -2.27. The zero-order valence-corrected chi connectivity index (χ0v) is 11.6. The molecule has 0 radical (unpaired) electrons. The zero-order chi connectivity index (χ0) is 14.1. The fraction of sp³-hybridized carbons (Fsp3) is 0.500. The lowest BCUT2D eigenvalue weighted by molar-refractivity contribution is -0.121. The van der Waals surface area contributed by atoms with E-state index in [2.05, 4.69) is 10.1 Å². The van der Waals surface area contributed by atoms with Gasteiger partial charge in [-0.2, -0.15) is 0 Å². The first-order valence-electron chi connectivity index (χ1n) is 7.16. The van der Waals surface area contributed by atoms with Crippen LogP contribution < -0.4 is 5.32 Å². The number of ether oxygens (including phenoxy) is 1. The Morgan fingerprint density at radius 1 is 1.25 bits per heavy atom. The first-order valence-corrected chi connectivity index (χ1v) is 7.16. The first-order chi connectivity index (χ1) is 9.67. The largest absolute Gasteiger partial charge is 0.465 e. The minimum Gasteiger partial charge on any atom is -0.465 e. The molecule has 3 unspecified atom stereocenters. The number of esters is 1. The third kappa shape index (κ3) is 2.42. The van der Waals surface area contributed by atoms with E-state index in [0.717, 1.165) is 12.3 Å². The Hall–Kier alpha value is -1.84. The number of amides is 1. The number of anilines is 1. The molecule has 1 aromatic rings. The van der Waals surface area contributed by atoms with Gasteiger partial charge in [-0.05, 0) is 49.3 Å². The van der Waals surface area contributed by atoms with Crippen LogP contribution in [0.25, 0.3) is 0 Å². The van der Waals surface area contributed by atoms with Crippen molar-refractivity contribution in [3.05, 3.63) is 29.8 Å². The van der Waals surface area contributed by atoms with Gasteiger partial charge in [0.05, 0.1) is 12.7 Å². The number of hydrogen-bond acceptors (Lipinski definition) is 3. The molecule has 4 heteroatoms. The van der Waals surface area contributed by atoms with Crippen LogP contribution in [0.5, 0.6) is 0 Å². The van der Waals surface area contributed by atoms with E-state index < -0.39 is 0 Å². The molecule has 3 atom stereocenters. The van der Waals surface area contributed by atoms with Gasteiger partial charge in [0.25, 0.3) is 0 Å². The number of hydrogen-bond donors (Lipinski definition) is 1. The average Bonchev–Trinajstić information content (AvgIpc) is 3.09. The summed E-state index contributed by atoms with van der Waals surface area (Å²) in [6.45, 7) is 0. The molecule has 1 aromatic carbocycles. The monoisotopic (exact) mass is 273 g/mol. The lowest BCUT2D eigenvalue weighted by Gasteiger charge is -2.20. The van der Waals surface area contributed by atoms with Crippen molar-refractivity contribution in [2.75, 3.05) is 12.4 Å². The molecule has 0 aromatic heterocycles. The van der Waals surface area contributed by atoms with Crippen LogP contribution in [0.3, 0.4) is 0 Å². The van der Waals surface area contributed by atoms with Gasteiger partial charge in [-0.25, -0.2) is 4.79 Å². The predicted molar refractivity (Wildman–Crippen MR) is 75.3 cm³/mol. The Morgan fingerprint density at radius 2 is 2.10 bits per heavy atom. The van der Waals surface area contributed by atoms with Crippen LogP contribution >= 0.6 is 0 Å². The van der Waals surface area contributed by atoms with Crippen molar-refractivity contribution in [3.63, 3.8) is 0 Å². The maximum absolute atomic E-state index is 12.3. The van der Waals surface area contributed by atoms with Crippen LogP contribution in [0, 0.1) is 17.8 Å². The maximum atomic E-state index is 12.3. The van der Waals surface area contributed by atoms with Crippen LogP contribution in [-0.2, 0) is 9.53 Å². The molecule has 4 nitrogen and oxygen atoms in total. The molecule has 2 fully saturated rings. The number of carbonyl (C=O) groups excluding carboxylic acids is 2. The highest BCUT2D eigenvalue weighted by molar-refractivity contribution is 5.95. The van der Waals surface area contributed by atoms with Crippen molar-refractivity contribution < 1.29 is 14.3 Å². The topological polar surface area (TPSA) is 55.4 Å². The summed E-state index contributed by atoms with van der Waals surface area (Å²) < 4.78 is 4.68. The number of rotatable bonds is 3. The van der Waals surface area contributed by atoms with Gasteiger partial charge < -0.3 is 10.1 Å². The quantitative estimate of drug-likeness (QED) is 0.862. The Kier molecular flexibility index (Phi) is 3.47. The molecule has 0 aliphatic heterocycles. The minimum atomic E-state index is -0.388. The molecule has 0 heterocycles. The van der Waals surface area contributed by atoms with Crippen LogP contribution in [0.15, 0.2) is 24.3 Å². The van der Waals surface area contributed by atoms with Gasteiger partial charge in [0, 0.05) is 11.6 Å². The summed E-state index contributed by atoms with van der Waals surface area (Å²) in [5.41, 5.74) is 1.12. The standard InChI is InChI=1S/C16H19NO3/c1-20-16(19)12-3-2-4-13(9-12)17-15(18)14-8-10-5-6-11(14)7-10/h2-4,9-11,14H,5-8H2,1H3,(H,17,18). The summed E-state index contributed by atoms with van der Waals surface area (Å²) in [4.78, 5) is 23.8. The molecule has 2 aliphatic rings. The average molecular weight is 273 g/mol. The number of carbonyl (C=O) groups is 2. The zero-order valence-electron chi connectivity index (χ0n) is 11.6. The fourth-order valence-electron chi connectivity index (χ4n) is 3.64. The molecule has 0 saturated heterocycles. The molecule has 1 amide bonds. The molecule has 106 valence electrons. The van der Waals surface area contributed by atoms with E-state index in [-0.39, 0.29) is 17.8 Å². The normalized spacial score (nSPS) is 27.4. The Morgan fingerprint density at radius 3 is 2.75 bits per heavy atom. The summed E-state index contributed by atoms with van der Waals surface area (Å²) in [5, 5.41) is 2.94. The van der Waals surface area contributed by atoms with E-state index in [9.17, 15) is 9.59 Å². The second kappa shape index (κ2) is 5.27. The summed E-state index contributed by atoms with van der Waals surface area (Å²) in [7, 11) is 1.35. The third-order valence-corrected chi connectivity index (χ3v) is 4.63. The minimum absolute atomic E-state index is 0.0965. The third-order valence-electron chi connectivity index (χ3n) is 4.63. The molecular formula is C16H19NO3. The van der Waals surface area contributed by atoms with Crippen LogP contribution in [0.2, 0.25) is 0 Å². The number of fused-ring (bicyclic) bond motifs is 2. The molecule has 20 heavy (non-hydrogen) atoms. The van der Waals surface area contributed by atoms with Gasteiger partial charge >= 0.3 is 5.97 Å². The van der Waals surface area contributed by atoms with E-state index in [1.54, 1.807) is 24.3 Å².